The van der Waals surface area contributed by atoms with Crippen molar-refractivity contribution in [2.45, 2.75) is 32.2 Å². The molecule has 1 aliphatic heterocycles. The van der Waals surface area contributed by atoms with E-state index >= 15 is 0 Å². The Morgan fingerprint density at radius 3 is 2.45 bits per heavy atom. The van der Waals surface area contributed by atoms with Crippen LogP contribution in [-0.2, 0) is 6.42 Å². The fourth-order valence-corrected chi connectivity index (χ4v) is 4.74. The summed E-state index contributed by atoms with van der Waals surface area (Å²) in [6.45, 7) is 4.97. The van der Waals surface area contributed by atoms with E-state index in [2.05, 4.69) is 54.5 Å². The molecule has 0 fully saturated rings. The Morgan fingerprint density at radius 1 is 1.03 bits per heavy atom. The van der Waals surface area contributed by atoms with Crippen molar-refractivity contribution in [3.8, 4) is 5.75 Å². The summed E-state index contributed by atoms with van der Waals surface area (Å²) >= 11 is 0. The van der Waals surface area contributed by atoms with Crippen molar-refractivity contribution in [1.29, 1.82) is 0 Å². The molecule has 2 heterocycles. The first kappa shape index (κ1) is 21.1. The lowest BCUT2D eigenvalue weighted by Gasteiger charge is -2.36. The maximum absolute atomic E-state index is 13.5. The third kappa shape index (κ3) is 3.95. The number of urea groups is 1. The highest BCUT2D eigenvalue weighted by Gasteiger charge is 2.34. The minimum Gasteiger partial charge on any atom is -0.497 e. The lowest BCUT2D eigenvalue weighted by atomic mass is 9.92. The number of aromatic nitrogens is 1. The molecule has 168 valence electrons. The summed E-state index contributed by atoms with van der Waals surface area (Å²) < 4.78 is 5.35. The predicted octanol–water partition coefficient (Wildman–Crippen LogP) is 6.48. The van der Waals surface area contributed by atoms with Crippen LogP contribution >= 0.6 is 0 Å². The van der Waals surface area contributed by atoms with Crippen LogP contribution in [-0.4, -0.2) is 29.6 Å². The lowest BCUT2D eigenvalue weighted by Crippen LogP contribution is -2.43. The van der Waals surface area contributed by atoms with Gasteiger partial charge < -0.3 is 19.9 Å². The number of para-hydroxylation sites is 1. The second-order valence-corrected chi connectivity index (χ2v) is 8.89. The van der Waals surface area contributed by atoms with Crippen LogP contribution in [0, 0.1) is 0 Å². The number of amides is 2. The minimum atomic E-state index is -0.206. The van der Waals surface area contributed by atoms with Crippen LogP contribution in [0.4, 0.5) is 10.5 Å². The van der Waals surface area contributed by atoms with Gasteiger partial charge in [-0.3, -0.25) is 0 Å². The topological polar surface area (TPSA) is 57.4 Å². The molecule has 0 bridgehead atoms. The zero-order valence-electron chi connectivity index (χ0n) is 19.3. The van der Waals surface area contributed by atoms with E-state index in [9.17, 15) is 4.79 Å². The number of hydrogen-bond donors (Lipinski definition) is 2. The zero-order valence-corrected chi connectivity index (χ0v) is 19.3. The molecule has 1 atom stereocenters. The van der Waals surface area contributed by atoms with Gasteiger partial charge in [-0.25, -0.2) is 4.79 Å². The van der Waals surface area contributed by atoms with Crippen LogP contribution in [0.5, 0.6) is 5.75 Å². The number of methoxy groups -OCH3 is 1. The monoisotopic (exact) mass is 439 g/mol. The zero-order chi connectivity index (χ0) is 22.9. The van der Waals surface area contributed by atoms with E-state index in [1.54, 1.807) is 7.11 Å². The smallest absolute Gasteiger partial charge is 0.322 e. The number of anilines is 1. The number of nitrogens with zero attached hydrogens (tertiary/aromatic N) is 1. The number of hydrogen-bond acceptors (Lipinski definition) is 2. The van der Waals surface area contributed by atoms with E-state index < -0.39 is 0 Å². The summed E-state index contributed by atoms with van der Waals surface area (Å²) in [5.41, 5.74) is 6.58. The molecule has 1 aromatic heterocycles. The Morgan fingerprint density at radius 2 is 1.76 bits per heavy atom. The highest BCUT2D eigenvalue weighted by Crippen LogP contribution is 2.39. The molecule has 3 aromatic carbocycles. The standard InChI is InChI=1S/C28H29N3O2/c1-18(2)19-8-12-21(13-9-19)29-28(32)31-17-16-24-23-6-4-5-7-25(23)30-26(24)27(31)20-10-14-22(33-3)15-11-20/h4-15,18,27,30H,16-17H2,1-3H3,(H,29,32). The van der Waals surface area contributed by atoms with Gasteiger partial charge in [-0.2, -0.15) is 0 Å². The van der Waals surface area contributed by atoms with Gasteiger partial charge in [-0.1, -0.05) is 56.3 Å². The van der Waals surface area contributed by atoms with Crippen molar-refractivity contribution in [3.63, 3.8) is 0 Å². The van der Waals surface area contributed by atoms with E-state index in [-0.39, 0.29) is 12.1 Å². The molecule has 1 aliphatic rings. The molecule has 2 amide bonds. The number of rotatable bonds is 4. The van der Waals surface area contributed by atoms with Gasteiger partial charge in [0.05, 0.1) is 13.2 Å². The van der Waals surface area contributed by atoms with Crippen LogP contribution in [0.3, 0.4) is 0 Å². The van der Waals surface area contributed by atoms with E-state index in [4.69, 9.17) is 4.74 Å². The predicted molar refractivity (Wildman–Crippen MR) is 133 cm³/mol. The molecule has 33 heavy (non-hydrogen) atoms. The molecule has 0 aliphatic carbocycles. The summed E-state index contributed by atoms with van der Waals surface area (Å²) in [5.74, 6) is 1.25. The van der Waals surface area contributed by atoms with Crippen molar-refractivity contribution < 1.29 is 9.53 Å². The Labute approximate surface area is 194 Å². The quantitative estimate of drug-likeness (QED) is 0.382. The van der Waals surface area contributed by atoms with E-state index in [1.807, 2.05) is 47.4 Å². The van der Waals surface area contributed by atoms with E-state index in [0.717, 1.165) is 34.6 Å². The molecule has 0 spiro atoms. The largest absolute Gasteiger partial charge is 0.497 e. The number of fused-ring (bicyclic) bond motifs is 3. The van der Waals surface area contributed by atoms with E-state index in [1.165, 1.54) is 16.5 Å². The van der Waals surface area contributed by atoms with Crippen LogP contribution in [0.1, 0.15) is 48.2 Å². The van der Waals surface area contributed by atoms with Crippen molar-refractivity contribution in [2.24, 2.45) is 0 Å². The number of H-pyrrole nitrogens is 1. The van der Waals surface area contributed by atoms with Gasteiger partial charge in [0.1, 0.15) is 5.75 Å². The highest BCUT2D eigenvalue weighted by molar-refractivity contribution is 5.91. The molecular weight excluding hydrogens is 410 g/mol. The molecule has 5 rings (SSSR count). The summed E-state index contributed by atoms with van der Waals surface area (Å²) in [4.78, 5) is 19.0. The van der Waals surface area contributed by atoms with Gasteiger partial charge in [0, 0.05) is 28.8 Å². The maximum Gasteiger partial charge on any atom is 0.322 e. The third-order valence-electron chi connectivity index (χ3n) is 6.56. The summed E-state index contributed by atoms with van der Waals surface area (Å²) in [5, 5.41) is 4.34. The number of nitrogens with one attached hydrogen (secondary N) is 2. The fourth-order valence-electron chi connectivity index (χ4n) is 4.74. The number of carbonyl (C=O) groups is 1. The summed E-state index contributed by atoms with van der Waals surface area (Å²) in [6, 6.07) is 24.2. The second kappa shape index (κ2) is 8.66. The number of carbonyl (C=O) groups excluding carboxylic acids is 1. The highest BCUT2D eigenvalue weighted by atomic mass is 16.5. The first-order valence-corrected chi connectivity index (χ1v) is 11.5. The number of ether oxygens (including phenoxy) is 1. The van der Waals surface area contributed by atoms with Gasteiger partial charge in [-0.05, 0) is 59.4 Å². The Kier molecular flexibility index (Phi) is 5.55. The van der Waals surface area contributed by atoms with Crippen molar-refractivity contribution in [2.75, 3.05) is 19.0 Å². The number of benzene rings is 3. The maximum atomic E-state index is 13.5. The lowest BCUT2D eigenvalue weighted by molar-refractivity contribution is 0.193. The molecule has 5 heteroatoms. The molecule has 5 nitrogen and oxygen atoms in total. The van der Waals surface area contributed by atoms with Gasteiger partial charge >= 0.3 is 6.03 Å². The first-order chi connectivity index (χ1) is 16.0. The van der Waals surface area contributed by atoms with Gasteiger partial charge in [0.2, 0.25) is 0 Å². The summed E-state index contributed by atoms with van der Waals surface area (Å²) in [6.07, 6.45) is 0.811. The average Bonchev–Trinajstić information content (AvgIpc) is 3.22. The molecule has 0 saturated heterocycles. The average molecular weight is 440 g/mol. The molecule has 1 unspecified atom stereocenters. The summed E-state index contributed by atoms with van der Waals surface area (Å²) in [7, 11) is 1.66. The van der Waals surface area contributed by atoms with Gasteiger partial charge in [0.25, 0.3) is 0 Å². The van der Waals surface area contributed by atoms with Crippen LogP contribution in [0.2, 0.25) is 0 Å². The molecule has 2 N–H and O–H groups in total. The Hall–Kier alpha value is -3.73. The molecular formula is C28H29N3O2. The van der Waals surface area contributed by atoms with E-state index in [0.29, 0.717) is 12.5 Å². The first-order valence-electron chi connectivity index (χ1n) is 11.5. The Balaban J connectivity index is 1.51. The van der Waals surface area contributed by atoms with Crippen LogP contribution < -0.4 is 10.1 Å². The van der Waals surface area contributed by atoms with Crippen LogP contribution in [0.15, 0.2) is 72.8 Å². The minimum absolute atomic E-state index is 0.0996. The number of aromatic amines is 1. The van der Waals surface area contributed by atoms with Crippen molar-refractivity contribution in [1.82, 2.24) is 9.88 Å². The molecule has 0 radical (unpaired) electrons. The second-order valence-electron chi connectivity index (χ2n) is 8.89. The fraction of sp³-hybridized carbons (Fsp3) is 0.250. The molecule has 0 saturated carbocycles. The normalized spacial score (nSPS) is 15.5. The molecule has 4 aromatic rings. The Bertz CT molecular complexity index is 1270. The van der Waals surface area contributed by atoms with Gasteiger partial charge in [-0.15, -0.1) is 0 Å². The van der Waals surface area contributed by atoms with Gasteiger partial charge in [0.15, 0.2) is 0 Å². The van der Waals surface area contributed by atoms with Crippen LogP contribution in [0.25, 0.3) is 10.9 Å². The SMILES string of the molecule is COc1ccc(C2c3[nH]c4ccccc4c3CCN2C(=O)Nc2ccc(C(C)C)cc2)cc1. The third-order valence-corrected chi connectivity index (χ3v) is 6.56. The van der Waals surface area contributed by atoms with Crippen molar-refractivity contribution in [3.05, 3.63) is 95.2 Å². The van der Waals surface area contributed by atoms with Crippen molar-refractivity contribution >= 4 is 22.6 Å².